The summed E-state index contributed by atoms with van der Waals surface area (Å²) in [7, 11) is 0. The van der Waals surface area contributed by atoms with Crippen molar-refractivity contribution in [2.24, 2.45) is 0 Å². The molecule has 0 saturated heterocycles. The highest BCUT2D eigenvalue weighted by molar-refractivity contribution is 7.99. The van der Waals surface area contributed by atoms with Crippen molar-refractivity contribution in [3.05, 3.63) is 98.1 Å². The molecule has 0 saturated carbocycles. The van der Waals surface area contributed by atoms with E-state index in [4.69, 9.17) is 21.6 Å². The number of nitrogens with zero attached hydrogens (tertiary/aromatic N) is 3. The first kappa shape index (κ1) is 25.2. The maximum Gasteiger partial charge on any atom is 0.278 e. The number of furan rings is 1. The number of fused-ring (bicyclic) bond motifs is 1. The second-order valence-corrected chi connectivity index (χ2v) is 10.9. The highest BCUT2D eigenvalue weighted by atomic mass is 32.2. The maximum absolute atomic E-state index is 13.9. The summed E-state index contributed by atoms with van der Waals surface area (Å²) in [5.41, 5.74) is 3.99. The van der Waals surface area contributed by atoms with Crippen LogP contribution in [0.2, 0.25) is 0 Å². The van der Waals surface area contributed by atoms with E-state index in [9.17, 15) is 9.59 Å². The second kappa shape index (κ2) is 10.9. The Kier molecular flexibility index (Phi) is 7.40. The van der Waals surface area contributed by atoms with Crippen LogP contribution in [0.5, 0.6) is 0 Å². The van der Waals surface area contributed by atoms with Crippen molar-refractivity contribution in [1.82, 2.24) is 19.4 Å². The number of rotatable bonds is 8. The molecule has 10 heteroatoms. The zero-order valence-electron chi connectivity index (χ0n) is 20.3. The minimum atomic E-state index is -0.210. The first-order valence-electron chi connectivity index (χ1n) is 11.7. The number of benzene rings is 2. The molecule has 0 aliphatic carbocycles. The number of aryl methyl sites for hydroxylation is 2. The Morgan fingerprint density at radius 3 is 2.59 bits per heavy atom. The van der Waals surface area contributed by atoms with Crippen molar-refractivity contribution in [2.45, 2.75) is 32.0 Å². The van der Waals surface area contributed by atoms with Crippen LogP contribution in [0.1, 0.15) is 23.8 Å². The quantitative estimate of drug-likeness (QED) is 0.149. The Morgan fingerprint density at radius 1 is 1.11 bits per heavy atom. The average molecular weight is 549 g/mol. The van der Waals surface area contributed by atoms with E-state index in [1.807, 2.05) is 60.0 Å². The maximum atomic E-state index is 13.9. The Hall–Kier alpha value is -3.47. The number of hydrogen-bond acceptors (Lipinski definition) is 7. The van der Waals surface area contributed by atoms with Gasteiger partial charge in [-0.25, -0.2) is 4.98 Å². The van der Waals surface area contributed by atoms with Crippen molar-refractivity contribution >= 4 is 51.6 Å². The standard InChI is InChI=1S/C27H24N4O3S3/c1-3-18-10-12-19(13-11-18)30-24-23(37-27(30)35)25(33)31(21-9-5-4-7-17(21)2)26(29-24)36-16-22(32)28-15-20-8-6-14-34-20/h4-14H,3,15-16H2,1-2H3,(H,28,32). The molecular formula is C27H24N4O3S3. The molecule has 1 amide bonds. The molecule has 0 bridgehead atoms. The Labute approximate surface area is 226 Å². The molecule has 0 aliphatic heterocycles. The molecule has 5 aromatic rings. The predicted molar refractivity (Wildman–Crippen MR) is 151 cm³/mol. The predicted octanol–water partition coefficient (Wildman–Crippen LogP) is 5.84. The van der Waals surface area contributed by atoms with Gasteiger partial charge in [-0.1, -0.05) is 60.4 Å². The summed E-state index contributed by atoms with van der Waals surface area (Å²) < 4.78 is 9.71. The van der Waals surface area contributed by atoms with E-state index in [-0.39, 0.29) is 17.2 Å². The second-order valence-electron chi connectivity index (χ2n) is 8.34. The molecule has 1 N–H and O–H groups in total. The number of thiazole rings is 1. The van der Waals surface area contributed by atoms with E-state index in [1.165, 1.54) is 28.7 Å². The summed E-state index contributed by atoms with van der Waals surface area (Å²) >= 11 is 8.14. The Bertz CT molecular complexity index is 1680. The van der Waals surface area contributed by atoms with E-state index >= 15 is 0 Å². The summed E-state index contributed by atoms with van der Waals surface area (Å²) in [5.74, 6) is 0.561. The van der Waals surface area contributed by atoms with E-state index in [1.54, 1.807) is 23.0 Å². The summed E-state index contributed by atoms with van der Waals surface area (Å²) in [4.78, 5) is 31.4. The average Bonchev–Trinajstić information content (AvgIpc) is 3.54. The highest BCUT2D eigenvalue weighted by Gasteiger charge is 2.20. The van der Waals surface area contributed by atoms with Gasteiger partial charge >= 0.3 is 0 Å². The molecule has 5 rings (SSSR count). The van der Waals surface area contributed by atoms with Gasteiger partial charge in [0.2, 0.25) is 5.91 Å². The number of amides is 1. The Balaban J connectivity index is 1.58. The first-order valence-corrected chi connectivity index (χ1v) is 13.9. The van der Waals surface area contributed by atoms with Crippen LogP contribution >= 0.6 is 35.3 Å². The van der Waals surface area contributed by atoms with E-state index in [0.29, 0.717) is 31.8 Å². The number of carbonyl (C=O) groups excluding carboxylic acids is 1. The first-order chi connectivity index (χ1) is 18.0. The molecule has 0 atom stereocenters. The summed E-state index contributed by atoms with van der Waals surface area (Å²) in [6.07, 6.45) is 2.49. The zero-order valence-corrected chi connectivity index (χ0v) is 22.7. The number of para-hydroxylation sites is 1. The van der Waals surface area contributed by atoms with Gasteiger partial charge < -0.3 is 9.73 Å². The van der Waals surface area contributed by atoms with Gasteiger partial charge in [-0.05, 0) is 67.0 Å². The van der Waals surface area contributed by atoms with Gasteiger partial charge in [0.05, 0.1) is 24.2 Å². The summed E-state index contributed by atoms with van der Waals surface area (Å²) in [5, 5.41) is 3.26. The number of hydrogen-bond donors (Lipinski definition) is 1. The molecule has 3 heterocycles. The lowest BCUT2D eigenvalue weighted by Gasteiger charge is -2.14. The molecule has 188 valence electrons. The van der Waals surface area contributed by atoms with Crippen LogP contribution in [0, 0.1) is 10.9 Å². The Morgan fingerprint density at radius 2 is 1.89 bits per heavy atom. The fourth-order valence-corrected chi connectivity index (χ4v) is 6.08. The van der Waals surface area contributed by atoms with Gasteiger partial charge in [0.15, 0.2) is 14.8 Å². The lowest BCUT2D eigenvalue weighted by molar-refractivity contribution is -0.118. The van der Waals surface area contributed by atoms with Crippen LogP contribution in [0.25, 0.3) is 21.7 Å². The van der Waals surface area contributed by atoms with E-state index < -0.39 is 0 Å². The van der Waals surface area contributed by atoms with Crippen molar-refractivity contribution in [3.63, 3.8) is 0 Å². The lowest BCUT2D eigenvalue weighted by Crippen LogP contribution is -2.26. The van der Waals surface area contributed by atoms with Crippen LogP contribution in [-0.4, -0.2) is 25.8 Å². The third kappa shape index (κ3) is 5.18. The minimum absolute atomic E-state index is 0.0839. The van der Waals surface area contributed by atoms with Crippen LogP contribution in [-0.2, 0) is 17.8 Å². The topological polar surface area (TPSA) is 82.1 Å². The van der Waals surface area contributed by atoms with Gasteiger partial charge in [-0.2, -0.15) is 0 Å². The normalized spacial score (nSPS) is 11.2. The van der Waals surface area contributed by atoms with Crippen molar-refractivity contribution in [1.29, 1.82) is 0 Å². The van der Waals surface area contributed by atoms with Crippen LogP contribution in [0.3, 0.4) is 0 Å². The van der Waals surface area contributed by atoms with Gasteiger partial charge in [0.25, 0.3) is 5.56 Å². The van der Waals surface area contributed by atoms with Crippen molar-refractivity contribution in [2.75, 3.05) is 5.75 Å². The van der Waals surface area contributed by atoms with E-state index in [2.05, 4.69) is 12.2 Å². The molecular weight excluding hydrogens is 525 g/mol. The fourth-order valence-electron chi connectivity index (χ4n) is 3.95. The molecule has 0 aliphatic rings. The molecule has 0 radical (unpaired) electrons. The fraction of sp³-hybridized carbons (Fsp3) is 0.185. The number of aromatic nitrogens is 3. The largest absolute Gasteiger partial charge is 0.467 e. The lowest BCUT2D eigenvalue weighted by atomic mass is 10.1. The third-order valence-corrected chi connectivity index (χ3v) is 8.20. The molecule has 7 nitrogen and oxygen atoms in total. The van der Waals surface area contributed by atoms with Gasteiger partial charge in [0.1, 0.15) is 10.5 Å². The van der Waals surface area contributed by atoms with Gasteiger partial charge in [-0.15, -0.1) is 0 Å². The molecule has 3 aromatic heterocycles. The van der Waals surface area contributed by atoms with Gasteiger partial charge in [-0.3, -0.25) is 18.7 Å². The zero-order chi connectivity index (χ0) is 25.9. The smallest absolute Gasteiger partial charge is 0.278 e. The molecule has 0 fully saturated rings. The monoisotopic (exact) mass is 548 g/mol. The van der Waals surface area contributed by atoms with Gasteiger partial charge in [0, 0.05) is 5.69 Å². The molecule has 0 unspecified atom stereocenters. The van der Waals surface area contributed by atoms with Crippen molar-refractivity contribution < 1.29 is 9.21 Å². The van der Waals surface area contributed by atoms with Crippen LogP contribution in [0.4, 0.5) is 0 Å². The van der Waals surface area contributed by atoms with Crippen molar-refractivity contribution in [3.8, 4) is 11.4 Å². The highest BCUT2D eigenvalue weighted by Crippen LogP contribution is 2.28. The third-order valence-electron chi connectivity index (χ3n) is 5.91. The number of carbonyl (C=O) groups is 1. The summed E-state index contributed by atoms with van der Waals surface area (Å²) in [6, 6.07) is 19.3. The molecule has 2 aromatic carbocycles. The van der Waals surface area contributed by atoms with Crippen LogP contribution in [0.15, 0.2) is 81.3 Å². The number of thioether (sulfide) groups is 1. The van der Waals surface area contributed by atoms with Crippen LogP contribution < -0.4 is 10.9 Å². The number of nitrogens with one attached hydrogen (secondary N) is 1. The van der Waals surface area contributed by atoms with E-state index in [0.717, 1.165) is 23.4 Å². The minimum Gasteiger partial charge on any atom is -0.467 e. The summed E-state index contributed by atoms with van der Waals surface area (Å²) in [6.45, 7) is 4.34. The SMILES string of the molecule is CCc1ccc(-n2c(=S)sc3c(=O)n(-c4ccccc4C)c(SCC(=O)NCc4ccco4)nc32)cc1. The molecule has 0 spiro atoms. The molecule has 37 heavy (non-hydrogen) atoms.